The van der Waals surface area contributed by atoms with E-state index in [2.05, 4.69) is 56.0 Å². The van der Waals surface area contributed by atoms with Crippen LogP contribution in [0.3, 0.4) is 0 Å². The first kappa shape index (κ1) is 10.5. The summed E-state index contributed by atoms with van der Waals surface area (Å²) in [5.74, 6) is 0. The summed E-state index contributed by atoms with van der Waals surface area (Å²) in [5, 5.41) is 0. The molecule has 0 saturated carbocycles. The second kappa shape index (κ2) is 5.24. The number of halogens is 1. The fourth-order valence-electron chi connectivity index (χ4n) is 1.05. The Morgan fingerprint density at radius 3 is 2.58 bits per heavy atom. The Bertz CT molecular complexity index is 250. The molecule has 0 bridgehead atoms. The van der Waals surface area contributed by atoms with Crippen molar-refractivity contribution >= 4 is 35.1 Å². The van der Waals surface area contributed by atoms with Gasteiger partial charge in [-0.25, -0.2) is 0 Å². The summed E-state index contributed by atoms with van der Waals surface area (Å²) in [6.45, 7) is 1.05. The number of hydrogen-bond acceptors (Lipinski definition) is 1. The normalized spacial score (nSPS) is 10.7. The molecule has 0 spiro atoms. The number of benzene rings is 1. The minimum atomic E-state index is -0.122. The van der Waals surface area contributed by atoms with Crippen LogP contribution in [0, 0.1) is 0 Å². The molecule has 66 valence electrons. The van der Waals surface area contributed by atoms with E-state index in [0.29, 0.717) is 0 Å². The summed E-state index contributed by atoms with van der Waals surface area (Å²) in [6, 6.07) is 8.65. The molecule has 0 unspecified atom stereocenters. The summed E-state index contributed by atoms with van der Waals surface area (Å²) < 4.78 is 1.51. The Morgan fingerprint density at radius 2 is 2.00 bits per heavy atom. The molecule has 1 rings (SSSR count). The van der Waals surface area contributed by atoms with Gasteiger partial charge in [-0.15, -0.1) is 0 Å². The molecule has 0 N–H and O–H groups in total. The van der Waals surface area contributed by atoms with Gasteiger partial charge in [-0.1, -0.05) is 0 Å². The molecular formula is C9H12BrNTe. The molecule has 0 heterocycles. The number of hydrogen-bond donors (Lipinski definition) is 0. The zero-order chi connectivity index (χ0) is 8.97. The Labute approximate surface area is 90.0 Å². The van der Waals surface area contributed by atoms with Crippen molar-refractivity contribution in [2.24, 2.45) is 0 Å². The third-order valence-corrected chi connectivity index (χ3v) is 5.49. The Kier molecular flexibility index (Phi) is 4.60. The summed E-state index contributed by atoms with van der Waals surface area (Å²) in [5.41, 5.74) is 1.46. The second-order valence-electron chi connectivity index (χ2n) is 2.92. The van der Waals surface area contributed by atoms with E-state index in [1.807, 2.05) is 0 Å². The topological polar surface area (TPSA) is 3.24 Å². The van der Waals surface area contributed by atoms with Crippen molar-refractivity contribution < 1.29 is 0 Å². The van der Waals surface area contributed by atoms with Gasteiger partial charge in [0.1, 0.15) is 0 Å². The molecular weight excluding hydrogens is 330 g/mol. The first-order chi connectivity index (χ1) is 5.74. The Balaban J connectivity index is 2.82. The number of nitrogens with zero attached hydrogens (tertiary/aromatic N) is 1. The standard InChI is InChI=1S/C9H12BrNTe/c1-11(2)7-8-5-3-4-6-9(8)12-10/h3-6H,7H2,1-2H3. The van der Waals surface area contributed by atoms with Crippen LogP contribution in [0.15, 0.2) is 24.3 Å². The Morgan fingerprint density at radius 1 is 1.33 bits per heavy atom. The van der Waals surface area contributed by atoms with E-state index in [0.717, 1.165) is 6.54 Å². The number of rotatable bonds is 3. The summed E-state index contributed by atoms with van der Waals surface area (Å²) in [6.07, 6.45) is 0. The van der Waals surface area contributed by atoms with Crippen molar-refractivity contribution in [1.82, 2.24) is 4.90 Å². The van der Waals surface area contributed by atoms with Gasteiger partial charge in [0.25, 0.3) is 0 Å². The molecule has 1 aromatic rings. The van der Waals surface area contributed by atoms with Crippen molar-refractivity contribution in [2.75, 3.05) is 14.1 Å². The van der Waals surface area contributed by atoms with Crippen LogP contribution in [-0.4, -0.2) is 37.7 Å². The molecule has 0 fully saturated rings. The van der Waals surface area contributed by atoms with Crippen LogP contribution in [-0.2, 0) is 6.54 Å². The van der Waals surface area contributed by atoms with Gasteiger partial charge in [-0.05, 0) is 0 Å². The molecule has 3 heteroatoms. The fourth-order valence-corrected chi connectivity index (χ4v) is 4.20. The second-order valence-corrected chi connectivity index (χ2v) is 6.79. The van der Waals surface area contributed by atoms with Crippen LogP contribution >= 0.6 is 12.8 Å². The van der Waals surface area contributed by atoms with Gasteiger partial charge in [0, 0.05) is 0 Å². The first-order valence-electron chi connectivity index (χ1n) is 3.75. The molecule has 0 aliphatic rings. The van der Waals surface area contributed by atoms with E-state index in [1.54, 1.807) is 0 Å². The van der Waals surface area contributed by atoms with Gasteiger partial charge in [0.2, 0.25) is 0 Å². The van der Waals surface area contributed by atoms with Gasteiger partial charge < -0.3 is 0 Å². The Hall–Kier alpha value is 0.450. The van der Waals surface area contributed by atoms with Crippen molar-refractivity contribution in [3.05, 3.63) is 29.8 Å². The zero-order valence-electron chi connectivity index (χ0n) is 7.25. The molecule has 1 aromatic carbocycles. The minimum absolute atomic E-state index is 0.122. The van der Waals surface area contributed by atoms with Crippen LogP contribution in [0.25, 0.3) is 0 Å². The third-order valence-electron chi connectivity index (χ3n) is 1.54. The first-order valence-corrected chi connectivity index (χ1v) is 10.1. The van der Waals surface area contributed by atoms with Crippen LogP contribution in [0.1, 0.15) is 5.56 Å². The third kappa shape index (κ3) is 3.06. The monoisotopic (exact) mass is 343 g/mol. The van der Waals surface area contributed by atoms with Gasteiger partial charge in [-0.3, -0.25) is 0 Å². The van der Waals surface area contributed by atoms with Crippen molar-refractivity contribution in [1.29, 1.82) is 0 Å². The maximum atomic E-state index is 3.61. The SMILES string of the molecule is CN(C)Cc1ccccc1[Te]Br. The predicted molar refractivity (Wildman–Crippen MR) is 58.1 cm³/mol. The average molecular weight is 342 g/mol. The van der Waals surface area contributed by atoms with E-state index in [4.69, 9.17) is 0 Å². The van der Waals surface area contributed by atoms with Gasteiger partial charge >= 0.3 is 90.5 Å². The molecule has 0 aliphatic heterocycles. The molecule has 0 amide bonds. The van der Waals surface area contributed by atoms with E-state index in [9.17, 15) is 0 Å². The van der Waals surface area contributed by atoms with Gasteiger partial charge in [-0.2, -0.15) is 0 Å². The fraction of sp³-hybridized carbons (Fsp3) is 0.333. The van der Waals surface area contributed by atoms with E-state index >= 15 is 0 Å². The van der Waals surface area contributed by atoms with E-state index in [1.165, 1.54) is 9.17 Å². The molecule has 0 aromatic heterocycles. The molecule has 0 saturated heterocycles. The van der Waals surface area contributed by atoms with Gasteiger partial charge in [0.15, 0.2) is 0 Å². The molecule has 0 aliphatic carbocycles. The van der Waals surface area contributed by atoms with Crippen LogP contribution < -0.4 is 3.61 Å². The summed E-state index contributed by atoms with van der Waals surface area (Å²) in [4.78, 5) is 2.20. The van der Waals surface area contributed by atoms with E-state index in [-0.39, 0.29) is 18.7 Å². The van der Waals surface area contributed by atoms with Crippen LogP contribution in [0.4, 0.5) is 0 Å². The van der Waals surface area contributed by atoms with Crippen LogP contribution in [0.5, 0.6) is 0 Å². The zero-order valence-corrected chi connectivity index (χ0v) is 11.2. The summed E-state index contributed by atoms with van der Waals surface area (Å²) in [7, 11) is 4.21. The van der Waals surface area contributed by atoms with Gasteiger partial charge in [0.05, 0.1) is 0 Å². The van der Waals surface area contributed by atoms with Crippen molar-refractivity contribution in [3.8, 4) is 0 Å². The maximum absolute atomic E-state index is 3.61. The molecule has 0 atom stereocenters. The van der Waals surface area contributed by atoms with Crippen molar-refractivity contribution in [3.63, 3.8) is 0 Å². The molecule has 1 nitrogen and oxygen atoms in total. The van der Waals surface area contributed by atoms with Crippen molar-refractivity contribution in [2.45, 2.75) is 6.54 Å². The molecule has 12 heavy (non-hydrogen) atoms. The predicted octanol–water partition coefficient (Wildman–Crippen LogP) is 1.39. The quantitative estimate of drug-likeness (QED) is 0.751. The summed E-state index contributed by atoms with van der Waals surface area (Å²) >= 11 is 3.49. The molecule has 0 radical (unpaired) electrons. The van der Waals surface area contributed by atoms with Crippen LogP contribution in [0.2, 0.25) is 0 Å². The average Bonchev–Trinajstić information content (AvgIpc) is 2.04. The van der Waals surface area contributed by atoms with E-state index < -0.39 is 0 Å².